The van der Waals surface area contributed by atoms with Gasteiger partial charge in [0.05, 0.1) is 0 Å². The first-order chi connectivity index (χ1) is 12.2. The summed E-state index contributed by atoms with van der Waals surface area (Å²) < 4.78 is 0. The van der Waals surface area contributed by atoms with E-state index in [1.165, 1.54) is 31.6 Å². The summed E-state index contributed by atoms with van der Waals surface area (Å²) in [6, 6.07) is 10.6. The van der Waals surface area contributed by atoms with Crippen LogP contribution in [0.3, 0.4) is 0 Å². The van der Waals surface area contributed by atoms with Gasteiger partial charge in [0, 0.05) is 45.5 Å². The number of piperidine rings is 1. The number of anilines is 1. The minimum atomic E-state index is 0. The topological polar surface area (TPSA) is 42.9 Å². The Labute approximate surface area is 176 Å². The van der Waals surface area contributed by atoms with Gasteiger partial charge in [0.2, 0.25) is 0 Å². The summed E-state index contributed by atoms with van der Waals surface area (Å²) in [4.78, 5) is 9.19. The highest BCUT2D eigenvalue weighted by atomic mass is 127. The average molecular weight is 473 g/mol. The Bertz CT molecular complexity index is 508. The lowest BCUT2D eigenvalue weighted by Gasteiger charge is -2.30. The standard InChI is InChI=1S/C20H35N5.HI/c1-4-25(19-11-6-5-7-12-19)15-9-13-22-20(21-2)23-16-18-10-8-14-24(3)17-18;/h5-7,11-12,18H,4,8-10,13-17H2,1-3H3,(H2,21,22,23);1H. The van der Waals surface area contributed by atoms with E-state index in [0.717, 1.165) is 44.5 Å². The number of likely N-dealkylation sites (tertiary alicyclic amines) is 1. The molecule has 1 aliphatic heterocycles. The van der Waals surface area contributed by atoms with E-state index in [9.17, 15) is 0 Å². The highest BCUT2D eigenvalue weighted by Gasteiger charge is 2.17. The van der Waals surface area contributed by atoms with Crippen LogP contribution in [0, 0.1) is 5.92 Å². The number of rotatable bonds is 8. The van der Waals surface area contributed by atoms with Crippen molar-refractivity contribution < 1.29 is 0 Å². The van der Waals surface area contributed by atoms with Crippen molar-refractivity contribution in [3.05, 3.63) is 30.3 Å². The van der Waals surface area contributed by atoms with E-state index in [1.54, 1.807) is 0 Å². The van der Waals surface area contributed by atoms with E-state index in [4.69, 9.17) is 0 Å². The van der Waals surface area contributed by atoms with Crippen LogP contribution in [-0.2, 0) is 0 Å². The lowest BCUT2D eigenvalue weighted by atomic mass is 9.99. The zero-order chi connectivity index (χ0) is 17.9. The molecule has 148 valence electrons. The molecule has 1 aromatic rings. The van der Waals surface area contributed by atoms with Gasteiger partial charge in [0.15, 0.2) is 5.96 Å². The third-order valence-electron chi connectivity index (χ3n) is 4.90. The molecule has 1 saturated heterocycles. The predicted molar refractivity (Wildman–Crippen MR) is 124 cm³/mol. The molecule has 2 rings (SSSR count). The Kier molecular flexibility index (Phi) is 11.7. The van der Waals surface area contributed by atoms with Gasteiger partial charge in [-0.15, -0.1) is 24.0 Å². The van der Waals surface area contributed by atoms with Crippen LogP contribution >= 0.6 is 24.0 Å². The largest absolute Gasteiger partial charge is 0.372 e. The minimum Gasteiger partial charge on any atom is -0.372 e. The first-order valence-electron chi connectivity index (χ1n) is 9.66. The van der Waals surface area contributed by atoms with E-state index < -0.39 is 0 Å². The summed E-state index contributed by atoms with van der Waals surface area (Å²) in [7, 11) is 4.07. The normalized spacial score (nSPS) is 18.1. The molecule has 2 N–H and O–H groups in total. The molecule has 0 aliphatic carbocycles. The van der Waals surface area contributed by atoms with Gasteiger partial charge in [-0.05, 0) is 57.8 Å². The zero-order valence-corrected chi connectivity index (χ0v) is 18.9. The lowest BCUT2D eigenvalue weighted by molar-refractivity contribution is 0.210. The maximum Gasteiger partial charge on any atom is 0.190 e. The third-order valence-corrected chi connectivity index (χ3v) is 4.90. The molecular weight excluding hydrogens is 437 g/mol. The molecule has 1 fully saturated rings. The van der Waals surface area contributed by atoms with Gasteiger partial charge in [0.25, 0.3) is 0 Å². The van der Waals surface area contributed by atoms with Crippen molar-refractivity contribution in [2.75, 3.05) is 58.3 Å². The van der Waals surface area contributed by atoms with Gasteiger partial charge < -0.3 is 20.4 Å². The first kappa shape index (κ1) is 23.0. The second-order valence-corrected chi connectivity index (χ2v) is 6.92. The Balaban J connectivity index is 0.00000338. The molecule has 0 bridgehead atoms. The lowest BCUT2D eigenvalue weighted by Crippen LogP contribution is -2.44. The van der Waals surface area contributed by atoms with Crippen LogP contribution in [0.5, 0.6) is 0 Å². The van der Waals surface area contributed by atoms with Crippen molar-refractivity contribution in [1.82, 2.24) is 15.5 Å². The Hall–Kier alpha value is -1.02. The van der Waals surface area contributed by atoms with Crippen LogP contribution < -0.4 is 15.5 Å². The van der Waals surface area contributed by atoms with E-state index in [1.807, 2.05) is 7.05 Å². The van der Waals surface area contributed by atoms with Gasteiger partial charge >= 0.3 is 0 Å². The summed E-state index contributed by atoms with van der Waals surface area (Å²) in [5.41, 5.74) is 1.30. The molecule has 0 amide bonds. The fourth-order valence-electron chi connectivity index (χ4n) is 3.49. The second-order valence-electron chi connectivity index (χ2n) is 6.92. The summed E-state index contributed by atoms with van der Waals surface area (Å²) in [5, 5.41) is 6.94. The maximum atomic E-state index is 4.35. The van der Waals surface area contributed by atoms with Crippen molar-refractivity contribution >= 4 is 35.6 Å². The van der Waals surface area contributed by atoms with Crippen molar-refractivity contribution in [2.45, 2.75) is 26.2 Å². The van der Waals surface area contributed by atoms with Crippen LogP contribution in [0.25, 0.3) is 0 Å². The molecule has 5 nitrogen and oxygen atoms in total. The van der Waals surface area contributed by atoms with E-state index >= 15 is 0 Å². The number of benzene rings is 1. The van der Waals surface area contributed by atoms with Crippen LogP contribution in [0.15, 0.2) is 35.3 Å². The fraction of sp³-hybridized carbons (Fsp3) is 0.650. The van der Waals surface area contributed by atoms with Crippen molar-refractivity contribution in [3.8, 4) is 0 Å². The summed E-state index contributed by atoms with van der Waals surface area (Å²) in [5.74, 6) is 1.65. The number of guanidine groups is 1. The molecule has 1 aromatic carbocycles. The predicted octanol–water partition coefficient (Wildman–Crippen LogP) is 3.03. The quantitative estimate of drug-likeness (QED) is 0.264. The third kappa shape index (κ3) is 8.12. The molecular formula is C20H36IN5. The number of nitrogens with zero attached hydrogens (tertiary/aromatic N) is 3. The minimum absolute atomic E-state index is 0. The zero-order valence-electron chi connectivity index (χ0n) is 16.6. The molecule has 1 heterocycles. The molecule has 0 radical (unpaired) electrons. The van der Waals surface area contributed by atoms with Crippen LogP contribution in [0.4, 0.5) is 5.69 Å². The summed E-state index contributed by atoms with van der Waals surface area (Å²) in [6.45, 7) is 8.67. The summed E-state index contributed by atoms with van der Waals surface area (Å²) in [6.07, 6.45) is 3.72. The first-order valence-corrected chi connectivity index (χ1v) is 9.66. The number of nitrogens with one attached hydrogen (secondary N) is 2. The average Bonchev–Trinajstić information content (AvgIpc) is 2.65. The maximum absolute atomic E-state index is 4.35. The van der Waals surface area contributed by atoms with Gasteiger partial charge in [-0.3, -0.25) is 4.99 Å². The highest BCUT2D eigenvalue weighted by molar-refractivity contribution is 14.0. The molecule has 0 spiro atoms. The van der Waals surface area contributed by atoms with Gasteiger partial charge in [-0.2, -0.15) is 0 Å². The highest BCUT2D eigenvalue weighted by Crippen LogP contribution is 2.14. The molecule has 1 unspecified atom stereocenters. The fourth-order valence-corrected chi connectivity index (χ4v) is 3.49. The van der Waals surface area contributed by atoms with E-state index in [0.29, 0.717) is 0 Å². The number of halogens is 1. The Morgan fingerprint density at radius 3 is 2.69 bits per heavy atom. The second kappa shape index (κ2) is 13.2. The molecule has 26 heavy (non-hydrogen) atoms. The van der Waals surface area contributed by atoms with E-state index in [-0.39, 0.29) is 24.0 Å². The molecule has 0 aromatic heterocycles. The number of aliphatic imine (C=N–C) groups is 1. The molecule has 0 saturated carbocycles. The van der Waals surface area contributed by atoms with Crippen molar-refractivity contribution in [2.24, 2.45) is 10.9 Å². The van der Waals surface area contributed by atoms with Crippen molar-refractivity contribution in [1.29, 1.82) is 0 Å². The van der Waals surface area contributed by atoms with E-state index in [2.05, 4.69) is 69.7 Å². The number of hydrogen-bond donors (Lipinski definition) is 2. The molecule has 1 atom stereocenters. The van der Waals surface area contributed by atoms with Crippen LogP contribution in [-0.4, -0.2) is 64.2 Å². The van der Waals surface area contributed by atoms with Gasteiger partial charge in [-0.1, -0.05) is 18.2 Å². The molecule has 6 heteroatoms. The number of hydrogen-bond acceptors (Lipinski definition) is 3. The monoisotopic (exact) mass is 473 g/mol. The van der Waals surface area contributed by atoms with Gasteiger partial charge in [-0.25, -0.2) is 0 Å². The summed E-state index contributed by atoms with van der Waals surface area (Å²) >= 11 is 0. The Morgan fingerprint density at radius 2 is 2.04 bits per heavy atom. The van der Waals surface area contributed by atoms with Crippen LogP contribution in [0.1, 0.15) is 26.2 Å². The van der Waals surface area contributed by atoms with Crippen molar-refractivity contribution in [3.63, 3.8) is 0 Å². The smallest absolute Gasteiger partial charge is 0.190 e. The SMILES string of the molecule is CCN(CCCNC(=NC)NCC1CCCN(C)C1)c1ccccc1.I. The number of para-hydroxylation sites is 1. The van der Waals surface area contributed by atoms with Gasteiger partial charge in [0.1, 0.15) is 0 Å². The Morgan fingerprint density at radius 1 is 1.27 bits per heavy atom. The van der Waals surface area contributed by atoms with Crippen LogP contribution in [0.2, 0.25) is 0 Å². The molecule has 1 aliphatic rings.